The number of benzene rings is 1. The zero-order valence-electron chi connectivity index (χ0n) is 19.2. The lowest BCUT2D eigenvalue weighted by Crippen LogP contribution is -2.60. The Labute approximate surface area is 203 Å². The molecular formula is C23H30ClN4O4S+. The Morgan fingerprint density at radius 1 is 1.30 bits per heavy atom. The summed E-state index contributed by atoms with van der Waals surface area (Å²) in [4.78, 5) is 31.1. The van der Waals surface area contributed by atoms with Crippen LogP contribution >= 0.6 is 23.8 Å². The van der Waals surface area contributed by atoms with Gasteiger partial charge in [-0.1, -0.05) is 23.7 Å². The van der Waals surface area contributed by atoms with Crippen LogP contribution in [0.2, 0.25) is 5.02 Å². The highest BCUT2D eigenvalue weighted by molar-refractivity contribution is 7.71. The van der Waals surface area contributed by atoms with Gasteiger partial charge in [-0.25, -0.2) is 9.69 Å². The van der Waals surface area contributed by atoms with Crippen LogP contribution in [0.15, 0.2) is 18.2 Å². The Bertz CT molecular complexity index is 1120. The van der Waals surface area contributed by atoms with Gasteiger partial charge in [0.05, 0.1) is 27.2 Å². The SMILES string of the molecule is Cc1cc(Cn2c3c([nH]c2=S)[N+](C)(C)C(=O)N(CCCOC2CCCCO2)C3=O)ccc1Cl. The van der Waals surface area contributed by atoms with E-state index in [0.717, 1.165) is 30.4 Å². The molecule has 2 aromatic rings. The van der Waals surface area contributed by atoms with Crippen molar-refractivity contribution >= 4 is 41.6 Å². The summed E-state index contributed by atoms with van der Waals surface area (Å²) < 4.78 is 13.4. The molecule has 3 amide bonds. The molecule has 0 radical (unpaired) electrons. The highest BCUT2D eigenvalue weighted by atomic mass is 35.5. The molecule has 0 saturated carbocycles. The predicted octanol–water partition coefficient (Wildman–Crippen LogP) is 4.63. The van der Waals surface area contributed by atoms with Crippen LogP contribution in [-0.2, 0) is 16.0 Å². The summed E-state index contributed by atoms with van der Waals surface area (Å²) >= 11 is 11.7. The zero-order valence-corrected chi connectivity index (χ0v) is 20.8. The van der Waals surface area contributed by atoms with Crippen LogP contribution in [0.1, 0.15) is 47.3 Å². The van der Waals surface area contributed by atoms with Crippen molar-refractivity contribution in [3.8, 4) is 0 Å². The first-order valence-electron chi connectivity index (χ1n) is 11.2. The number of urea groups is 1. The first-order chi connectivity index (χ1) is 15.7. The highest BCUT2D eigenvalue weighted by Gasteiger charge is 2.49. The summed E-state index contributed by atoms with van der Waals surface area (Å²) in [5.74, 6) is 0.156. The van der Waals surface area contributed by atoms with E-state index in [1.54, 1.807) is 18.7 Å². The Balaban J connectivity index is 1.54. The lowest BCUT2D eigenvalue weighted by Gasteiger charge is -2.35. The number of carbonyl (C=O) groups excluding carboxylic acids is 2. The van der Waals surface area contributed by atoms with Gasteiger partial charge in [-0.3, -0.25) is 9.78 Å². The number of aromatic nitrogens is 2. The number of amides is 3. The van der Waals surface area contributed by atoms with E-state index < -0.39 is 0 Å². The van der Waals surface area contributed by atoms with Crippen LogP contribution in [-0.4, -0.2) is 66.5 Å². The normalized spacial score (nSPS) is 20.2. The van der Waals surface area contributed by atoms with E-state index in [1.165, 1.54) is 4.90 Å². The quantitative estimate of drug-likeness (QED) is 0.345. The summed E-state index contributed by atoms with van der Waals surface area (Å²) in [6.07, 6.45) is 3.37. The molecule has 10 heteroatoms. The molecule has 1 atom stereocenters. The Morgan fingerprint density at radius 3 is 2.79 bits per heavy atom. The maximum absolute atomic E-state index is 13.5. The van der Waals surface area contributed by atoms with Gasteiger partial charge in [-0.05, 0) is 62.0 Å². The summed E-state index contributed by atoms with van der Waals surface area (Å²) in [7, 11) is 3.52. The van der Waals surface area contributed by atoms with Crippen molar-refractivity contribution in [1.82, 2.24) is 18.9 Å². The lowest BCUT2D eigenvalue weighted by molar-refractivity contribution is -0.162. The van der Waals surface area contributed by atoms with Crippen LogP contribution in [0.4, 0.5) is 10.6 Å². The van der Waals surface area contributed by atoms with Crippen molar-refractivity contribution in [3.05, 3.63) is 44.8 Å². The number of ether oxygens (including phenoxy) is 2. The lowest BCUT2D eigenvalue weighted by atomic mass is 10.1. The van der Waals surface area contributed by atoms with E-state index in [1.807, 2.05) is 25.1 Å². The number of H-pyrrole nitrogens is 1. The largest absolute Gasteiger partial charge is 0.432 e. The topological polar surface area (TPSA) is 76.6 Å². The molecule has 33 heavy (non-hydrogen) atoms. The fraction of sp³-hybridized carbons (Fsp3) is 0.522. The third kappa shape index (κ3) is 4.79. The summed E-state index contributed by atoms with van der Waals surface area (Å²) in [6.45, 7) is 3.74. The van der Waals surface area contributed by atoms with Crippen molar-refractivity contribution in [2.24, 2.45) is 0 Å². The van der Waals surface area contributed by atoms with Gasteiger partial charge in [-0.15, -0.1) is 0 Å². The van der Waals surface area contributed by atoms with E-state index in [0.29, 0.717) is 47.5 Å². The molecule has 0 bridgehead atoms. The second-order valence-corrected chi connectivity index (χ2v) is 9.80. The molecular weight excluding hydrogens is 464 g/mol. The van der Waals surface area contributed by atoms with Crippen molar-refractivity contribution in [2.45, 2.75) is 45.4 Å². The van der Waals surface area contributed by atoms with Gasteiger partial charge < -0.3 is 14.0 Å². The van der Waals surface area contributed by atoms with Gasteiger partial charge >= 0.3 is 6.03 Å². The Kier molecular flexibility index (Phi) is 7.07. The minimum Gasteiger partial charge on any atom is -0.353 e. The molecule has 1 aromatic heterocycles. The van der Waals surface area contributed by atoms with Gasteiger partial charge in [0.15, 0.2) is 16.8 Å². The standard InChI is InChI=1S/C23H29ClN4O4S/c1-15-13-16(8-9-17(15)24)14-27-19-20(25-22(27)33)28(2,3)23(30)26(21(19)29)10-6-12-32-18-7-4-5-11-31-18/h8-9,13,18H,4-7,10-12,14H2,1-3H3/p+1. The van der Waals surface area contributed by atoms with Gasteiger partial charge in [0.2, 0.25) is 5.82 Å². The highest BCUT2D eigenvalue weighted by Crippen LogP contribution is 2.32. The summed E-state index contributed by atoms with van der Waals surface area (Å²) in [5, 5.41) is 0.685. The maximum atomic E-state index is 13.5. The summed E-state index contributed by atoms with van der Waals surface area (Å²) in [5.41, 5.74) is 2.33. The smallest absolute Gasteiger partial charge is 0.353 e. The van der Waals surface area contributed by atoms with Crippen LogP contribution < -0.4 is 4.48 Å². The van der Waals surface area contributed by atoms with Gasteiger partial charge in [0.25, 0.3) is 5.91 Å². The molecule has 1 unspecified atom stereocenters. The second-order valence-electron chi connectivity index (χ2n) is 9.01. The minimum atomic E-state index is -0.348. The molecule has 178 valence electrons. The minimum absolute atomic E-state index is 0.121. The number of hydrogen-bond donors (Lipinski definition) is 1. The van der Waals surface area contributed by atoms with Gasteiger partial charge in [0.1, 0.15) is 0 Å². The fourth-order valence-electron chi connectivity index (χ4n) is 4.31. The molecule has 0 spiro atoms. The number of imide groups is 1. The molecule has 1 N–H and O–H groups in total. The van der Waals surface area contributed by atoms with Crippen LogP contribution in [0.5, 0.6) is 0 Å². The molecule has 2 aliphatic heterocycles. The second kappa shape index (κ2) is 9.68. The number of hydrogen-bond acceptors (Lipinski definition) is 5. The monoisotopic (exact) mass is 493 g/mol. The van der Waals surface area contributed by atoms with Crippen molar-refractivity contribution in [1.29, 1.82) is 0 Å². The van der Waals surface area contributed by atoms with E-state index in [-0.39, 0.29) is 29.3 Å². The van der Waals surface area contributed by atoms with Crippen LogP contribution in [0, 0.1) is 11.7 Å². The summed E-state index contributed by atoms with van der Waals surface area (Å²) in [6, 6.07) is 5.43. The van der Waals surface area contributed by atoms with E-state index >= 15 is 0 Å². The predicted molar refractivity (Wildman–Crippen MR) is 129 cm³/mol. The molecule has 0 aliphatic carbocycles. The molecule has 1 saturated heterocycles. The van der Waals surface area contributed by atoms with Gasteiger partial charge in [-0.2, -0.15) is 4.48 Å². The number of aromatic amines is 1. The number of imidazole rings is 1. The van der Waals surface area contributed by atoms with Gasteiger partial charge in [0, 0.05) is 18.2 Å². The number of nitrogens with zero attached hydrogens (tertiary/aromatic N) is 3. The molecule has 1 fully saturated rings. The number of halogens is 1. The third-order valence-corrected chi connectivity index (χ3v) is 6.96. The first kappa shape index (κ1) is 24.1. The molecule has 4 rings (SSSR count). The zero-order chi connectivity index (χ0) is 23.8. The maximum Gasteiger partial charge on any atom is 0.432 e. The molecule has 2 aliphatic rings. The average Bonchev–Trinajstić information content (AvgIpc) is 3.12. The average molecular weight is 494 g/mol. The first-order valence-corrected chi connectivity index (χ1v) is 12.0. The van der Waals surface area contributed by atoms with Crippen molar-refractivity contribution in [2.75, 3.05) is 33.9 Å². The van der Waals surface area contributed by atoms with Crippen molar-refractivity contribution < 1.29 is 19.1 Å². The number of rotatable bonds is 7. The molecule has 8 nitrogen and oxygen atoms in total. The third-order valence-electron chi connectivity index (χ3n) is 6.21. The number of fused-ring (bicyclic) bond motifs is 1. The number of nitrogens with one attached hydrogen (secondary N) is 1. The Morgan fingerprint density at radius 2 is 2.09 bits per heavy atom. The van der Waals surface area contributed by atoms with E-state index in [4.69, 9.17) is 33.3 Å². The van der Waals surface area contributed by atoms with Crippen LogP contribution in [0.25, 0.3) is 0 Å². The van der Waals surface area contributed by atoms with E-state index in [9.17, 15) is 9.59 Å². The van der Waals surface area contributed by atoms with Crippen molar-refractivity contribution in [3.63, 3.8) is 0 Å². The molecule has 3 heterocycles. The molecule has 1 aromatic carbocycles. The Hall–Kier alpha value is -2.04. The number of carbonyl (C=O) groups is 2. The number of aryl methyl sites for hydroxylation is 1. The fourth-order valence-corrected chi connectivity index (χ4v) is 4.68. The van der Waals surface area contributed by atoms with Crippen LogP contribution in [0.3, 0.4) is 0 Å². The number of quaternary nitrogens is 1. The van der Waals surface area contributed by atoms with E-state index in [2.05, 4.69) is 4.98 Å².